The van der Waals surface area contributed by atoms with E-state index in [-0.39, 0.29) is 23.5 Å². The summed E-state index contributed by atoms with van der Waals surface area (Å²) >= 11 is 0. The van der Waals surface area contributed by atoms with E-state index in [1.54, 1.807) is 0 Å². The lowest BCUT2D eigenvalue weighted by Gasteiger charge is -2.20. The van der Waals surface area contributed by atoms with Crippen LogP contribution in [-0.2, 0) is 11.2 Å². The van der Waals surface area contributed by atoms with Gasteiger partial charge >= 0.3 is 6.04 Å². The first kappa shape index (κ1) is 23.6. The van der Waals surface area contributed by atoms with E-state index < -0.39 is 40.9 Å². The van der Waals surface area contributed by atoms with Crippen molar-refractivity contribution in [2.24, 2.45) is 0 Å². The second kappa shape index (κ2) is 10.4. The molecule has 0 aromatic heterocycles. The zero-order valence-corrected chi connectivity index (χ0v) is 16.1. The number of rotatable bonds is 4. The van der Waals surface area contributed by atoms with E-state index in [1.165, 1.54) is 12.1 Å². The predicted molar refractivity (Wildman–Crippen MR) is 97.4 cm³/mol. The fourth-order valence-corrected chi connectivity index (χ4v) is 3.15. The number of hydrogen-bond acceptors (Lipinski definition) is 1. The highest BCUT2D eigenvalue weighted by atomic mass is 19.2. The van der Waals surface area contributed by atoms with Gasteiger partial charge in [-0.25, -0.2) is 26.3 Å². The van der Waals surface area contributed by atoms with E-state index in [0.29, 0.717) is 31.2 Å². The third-order valence-electron chi connectivity index (χ3n) is 4.78. The van der Waals surface area contributed by atoms with Crippen LogP contribution >= 0.6 is 0 Å². The minimum atomic E-state index is -1.50. The molecule has 0 N–H and O–H groups in total. The molecule has 0 saturated carbocycles. The number of carbonyl (C=O) groups excluding carboxylic acids is 1. The first-order valence-corrected chi connectivity index (χ1v) is 9.31. The van der Waals surface area contributed by atoms with Gasteiger partial charge in [0.2, 0.25) is 0 Å². The van der Waals surface area contributed by atoms with E-state index in [2.05, 4.69) is 0 Å². The summed E-state index contributed by atoms with van der Waals surface area (Å²) in [6.07, 6.45) is 3.52. The Balaban J connectivity index is 0.000000232. The van der Waals surface area contributed by atoms with E-state index >= 15 is 0 Å². The molecule has 0 heterocycles. The van der Waals surface area contributed by atoms with Crippen LogP contribution in [0.15, 0.2) is 35.9 Å². The van der Waals surface area contributed by atoms with Crippen LogP contribution in [0.3, 0.4) is 0 Å². The number of halogens is 7. The zero-order valence-electron chi connectivity index (χ0n) is 16.1. The van der Waals surface area contributed by atoms with E-state index in [4.69, 9.17) is 0 Å². The summed E-state index contributed by atoms with van der Waals surface area (Å²) in [5.41, 5.74) is 0.652. The Bertz CT molecular complexity index is 930. The third kappa shape index (κ3) is 5.70. The third-order valence-corrected chi connectivity index (χ3v) is 4.78. The van der Waals surface area contributed by atoms with Crippen LogP contribution in [0.1, 0.15) is 49.7 Å². The average molecular weight is 432 g/mol. The van der Waals surface area contributed by atoms with Gasteiger partial charge in [-0.05, 0) is 60.9 Å². The molecule has 162 valence electrons. The number of carbonyl (C=O) groups is 1. The van der Waals surface area contributed by atoms with Crippen LogP contribution in [0, 0.1) is 34.9 Å². The molecule has 0 aliphatic heterocycles. The number of aryl methyl sites for hydroxylation is 1. The Morgan fingerprint density at radius 2 is 1.57 bits per heavy atom. The van der Waals surface area contributed by atoms with Crippen molar-refractivity contribution < 1.29 is 35.5 Å². The first-order valence-electron chi connectivity index (χ1n) is 9.31. The van der Waals surface area contributed by atoms with Gasteiger partial charge in [-0.3, -0.25) is 4.79 Å². The lowest BCUT2D eigenvalue weighted by atomic mass is 9.84. The average Bonchev–Trinajstić information content (AvgIpc) is 2.72. The second-order valence-corrected chi connectivity index (χ2v) is 6.86. The van der Waals surface area contributed by atoms with Gasteiger partial charge in [0.1, 0.15) is 0 Å². The maximum Gasteiger partial charge on any atom is 0.327 e. The van der Waals surface area contributed by atoms with E-state index in [0.717, 1.165) is 18.2 Å². The summed E-state index contributed by atoms with van der Waals surface area (Å²) in [6.45, 7) is 1.85. The van der Waals surface area contributed by atoms with E-state index in [1.807, 2.05) is 6.92 Å². The van der Waals surface area contributed by atoms with Crippen molar-refractivity contribution in [3.8, 4) is 0 Å². The molecule has 0 fully saturated rings. The maximum atomic E-state index is 13.1. The quantitative estimate of drug-likeness (QED) is 0.293. The molecule has 1 nitrogen and oxygen atoms in total. The Morgan fingerprint density at radius 1 is 0.933 bits per heavy atom. The van der Waals surface area contributed by atoms with Crippen LogP contribution < -0.4 is 0 Å². The molecule has 1 aliphatic rings. The van der Waals surface area contributed by atoms with Crippen LogP contribution in [0.5, 0.6) is 0 Å². The van der Waals surface area contributed by atoms with Gasteiger partial charge in [0.15, 0.2) is 34.9 Å². The van der Waals surface area contributed by atoms with Crippen LogP contribution in [-0.4, -0.2) is 6.04 Å². The highest BCUT2D eigenvalue weighted by Crippen LogP contribution is 2.33. The van der Waals surface area contributed by atoms with Gasteiger partial charge in [-0.15, -0.1) is 0 Å². The van der Waals surface area contributed by atoms with Crippen molar-refractivity contribution in [3.63, 3.8) is 0 Å². The fourth-order valence-electron chi connectivity index (χ4n) is 3.15. The Hall–Kier alpha value is -2.64. The van der Waals surface area contributed by atoms with Crippen molar-refractivity contribution in [1.29, 1.82) is 0 Å². The summed E-state index contributed by atoms with van der Waals surface area (Å²) in [7, 11) is 0. The standard InChI is InChI=1S/C13H10F4O.C9H9F3/c14-10-5-9(6-11(15)12(10)16)7-1-3-8(4-2-7)13(17)18;1-2-3-6-4-5-7(10)9(12)8(6)11/h3,5-7H,1-2,4H2;4-5H,2-3H2,1H3. The molecule has 30 heavy (non-hydrogen) atoms. The molecule has 0 bridgehead atoms. The minimum absolute atomic E-state index is 0.0919. The fraction of sp³-hybridized carbons (Fsp3) is 0.318. The molecule has 0 radical (unpaired) electrons. The molecule has 3 rings (SSSR count). The normalized spacial score (nSPS) is 15.9. The SMILES string of the molecule is CCCc1ccc(F)c(F)c1F.O=C(F)C1=CCC(c2cc(F)c(F)c(F)c2)CC1. The highest BCUT2D eigenvalue weighted by molar-refractivity contribution is 5.87. The molecule has 0 amide bonds. The smallest absolute Gasteiger partial charge is 0.256 e. The minimum Gasteiger partial charge on any atom is -0.256 e. The summed E-state index contributed by atoms with van der Waals surface area (Å²) in [6, 6.07) is 2.64. The van der Waals surface area contributed by atoms with Crippen LogP contribution in [0.25, 0.3) is 0 Å². The van der Waals surface area contributed by atoms with Crippen molar-refractivity contribution >= 4 is 6.04 Å². The highest BCUT2D eigenvalue weighted by Gasteiger charge is 2.22. The summed E-state index contributed by atoms with van der Waals surface area (Å²) in [4.78, 5) is 10.5. The topological polar surface area (TPSA) is 17.1 Å². The van der Waals surface area contributed by atoms with Crippen molar-refractivity contribution in [2.45, 2.75) is 44.9 Å². The molecular formula is C22H19F7O. The molecule has 2 aromatic rings. The molecule has 8 heteroatoms. The molecule has 1 unspecified atom stereocenters. The summed E-state index contributed by atoms with van der Waals surface area (Å²) in [5, 5.41) is 0. The first-order chi connectivity index (χ1) is 14.1. The molecule has 0 spiro atoms. The van der Waals surface area contributed by atoms with Gasteiger partial charge in [0.05, 0.1) is 0 Å². The number of hydrogen-bond donors (Lipinski definition) is 0. The lowest BCUT2D eigenvalue weighted by molar-refractivity contribution is -0.125. The second-order valence-electron chi connectivity index (χ2n) is 6.86. The van der Waals surface area contributed by atoms with Crippen LogP contribution in [0.4, 0.5) is 30.7 Å². The van der Waals surface area contributed by atoms with E-state index in [9.17, 15) is 35.5 Å². The Labute approximate surface area is 169 Å². The van der Waals surface area contributed by atoms with Crippen molar-refractivity contribution in [1.82, 2.24) is 0 Å². The maximum absolute atomic E-state index is 13.1. The monoisotopic (exact) mass is 432 g/mol. The molecule has 0 saturated heterocycles. The molecule has 1 aliphatic carbocycles. The predicted octanol–water partition coefficient (Wildman–Crippen LogP) is 6.85. The van der Waals surface area contributed by atoms with Crippen LogP contribution in [0.2, 0.25) is 0 Å². The van der Waals surface area contributed by atoms with Gasteiger partial charge in [0.25, 0.3) is 0 Å². The van der Waals surface area contributed by atoms with Gasteiger partial charge in [-0.2, -0.15) is 4.39 Å². The van der Waals surface area contributed by atoms with Gasteiger partial charge in [-0.1, -0.05) is 25.5 Å². The molecule has 1 atom stereocenters. The Morgan fingerprint density at radius 3 is 2.07 bits per heavy atom. The van der Waals surface area contributed by atoms with Gasteiger partial charge in [0, 0.05) is 5.57 Å². The lowest BCUT2D eigenvalue weighted by Crippen LogP contribution is -2.09. The van der Waals surface area contributed by atoms with Crippen molar-refractivity contribution in [2.75, 3.05) is 0 Å². The molecule has 2 aromatic carbocycles. The number of benzene rings is 2. The van der Waals surface area contributed by atoms with Crippen molar-refractivity contribution in [3.05, 3.63) is 81.9 Å². The number of allylic oxidation sites excluding steroid dienone is 2. The Kier molecular flexibility index (Phi) is 8.20. The largest absolute Gasteiger partial charge is 0.327 e. The summed E-state index contributed by atoms with van der Waals surface area (Å²) in [5.74, 6) is -7.75. The summed E-state index contributed by atoms with van der Waals surface area (Å²) < 4.78 is 89.1. The molecular weight excluding hydrogens is 413 g/mol. The van der Waals surface area contributed by atoms with Gasteiger partial charge < -0.3 is 0 Å². The zero-order chi connectivity index (χ0) is 22.4.